The Morgan fingerprint density at radius 1 is 1.40 bits per heavy atom. The topological polar surface area (TPSA) is 77.2 Å². The first-order chi connectivity index (χ1) is 9.58. The predicted molar refractivity (Wildman–Crippen MR) is 81.2 cm³/mol. The molecule has 0 aliphatic heterocycles. The Hall–Kier alpha value is -2.08. The van der Waals surface area contributed by atoms with Gasteiger partial charge in [0.25, 0.3) is 0 Å². The second-order valence-electron chi connectivity index (χ2n) is 4.27. The van der Waals surface area contributed by atoms with Gasteiger partial charge in [0.2, 0.25) is 5.91 Å². The minimum atomic E-state index is -0.108. The molecule has 2 rings (SSSR count). The molecule has 0 atom stereocenters. The number of hydrogen-bond acceptors (Lipinski definition) is 5. The van der Waals surface area contributed by atoms with Gasteiger partial charge in [-0.05, 0) is 31.5 Å². The fourth-order valence-corrected chi connectivity index (χ4v) is 2.43. The van der Waals surface area contributed by atoms with Crippen LogP contribution in [0.3, 0.4) is 0 Å². The van der Waals surface area contributed by atoms with Crippen LogP contribution in [0.5, 0.6) is 5.75 Å². The molecule has 0 radical (unpaired) electrons. The number of thiazole rings is 1. The van der Waals surface area contributed by atoms with Gasteiger partial charge >= 0.3 is 0 Å². The molecule has 0 fully saturated rings. The number of anilines is 2. The van der Waals surface area contributed by atoms with E-state index in [4.69, 9.17) is 10.5 Å². The first-order valence-corrected chi connectivity index (χ1v) is 7.14. The van der Waals surface area contributed by atoms with Crippen molar-refractivity contribution in [3.05, 3.63) is 35.5 Å². The van der Waals surface area contributed by atoms with E-state index >= 15 is 0 Å². The van der Waals surface area contributed by atoms with Gasteiger partial charge in [0.05, 0.1) is 18.7 Å². The van der Waals surface area contributed by atoms with E-state index in [1.54, 1.807) is 0 Å². The van der Waals surface area contributed by atoms with Crippen molar-refractivity contribution < 1.29 is 9.53 Å². The van der Waals surface area contributed by atoms with E-state index in [2.05, 4.69) is 10.3 Å². The zero-order valence-corrected chi connectivity index (χ0v) is 12.3. The minimum Gasteiger partial charge on any atom is -0.494 e. The van der Waals surface area contributed by atoms with Crippen LogP contribution in [0.4, 0.5) is 10.1 Å². The van der Waals surface area contributed by atoms with Crippen molar-refractivity contribution in [1.29, 1.82) is 0 Å². The Balaban J connectivity index is 1.93. The quantitative estimate of drug-likeness (QED) is 0.887. The minimum absolute atomic E-state index is 0.108. The van der Waals surface area contributed by atoms with Crippen molar-refractivity contribution in [3.63, 3.8) is 0 Å². The number of rotatable bonds is 5. The van der Waals surface area contributed by atoms with Crippen molar-refractivity contribution in [2.75, 3.05) is 17.7 Å². The van der Waals surface area contributed by atoms with Crippen LogP contribution >= 0.6 is 11.3 Å². The average Bonchev–Trinajstić information content (AvgIpc) is 2.71. The van der Waals surface area contributed by atoms with Gasteiger partial charge in [-0.25, -0.2) is 4.98 Å². The zero-order valence-electron chi connectivity index (χ0n) is 11.5. The third-order valence-corrected chi connectivity index (χ3v) is 3.58. The standard InChI is InChI=1S/C14H17N3O2S/c1-3-19-11-6-4-10(5-7-11)8-12(18)17-14-16-9(2)13(15)20-14/h4-7H,3,8,15H2,1-2H3,(H,16,17,18). The maximum absolute atomic E-state index is 11.9. The first-order valence-electron chi connectivity index (χ1n) is 6.33. The number of carbonyl (C=O) groups excluding carboxylic acids is 1. The second-order valence-corrected chi connectivity index (χ2v) is 5.30. The molecule has 1 aromatic carbocycles. The summed E-state index contributed by atoms with van der Waals surface area (Å²) in [7, 11) is 0. The molecule has 106 valence electrons. The van der Waals surface area contributed by atoms with Crippen molar-refractivity contribution in [2.24, 2.45) is 0 Å². The Morgan fingerprint density at radius 2 is 2.10 bits per heavy atom. The van der Waals surface area contributed by atoms with E-state index in [0.717, 1.165) is 17.0 Å². The maximum Gasteiger partial charge on any atom is 0.230 e. The van der Waals surface area contributed by atoms with Crippen molar-refractivity contribution in [2.45, 2.75) is 20.3 Å². The first kappa shape index (κ1) is 14.3. The summed E-state index contributed by atoms with van der Waals surface area (Å²) in [4.78, 5) is 16.1. The van der Waals surface area contributed by atoms with E-state index in [0.29, 0.717) is 23.2 Å². The van der Waals surface area contributed by atoms with E-state index < -0.39 is 0 Å². The Kier molecular flexibility index (Phi) is 4.57. The smallest absolute Gasteiger partial charge is 0.230 e. The molecule has 0 aliphatic rings. The lowest BCUT2D eigenvalue weighted by molar-refractivity contribution is -0.115. The van der Waals surface area contributed by atoms with Crippen LogP contribution in [0, 0.1) is 6.92 Å². The molecule has 0 saturated heterocycles. The lowest BCUT2D eigenvalue weighted by Crippen LogP contribution is -2.14. The maximum atomic E-state index is 11.9. The molecule has 0 bridgehead atoms. The van der Waals surface area contributed by atoms with Crippen LogP contribution < -0.4 is 15.8 Å². The summed E-state index contributed by atoms with van der Waals surface area (Å²) in [5, 5.41) is 3.91. The monoisotopic (exact) mass is 291 g/mol. The third-order valence-electron chi connectivity index (χ3n) is 2.68. The number of nitrogens with zero attached hydrogens (tertiary/aromatic N) is 1. The summed E-state index contributed by atoms with van der Waals surface area (Å²) < 4.78 is 5.35. The normalized spacial score (nSPS) is 10.3. The van der Waals surface area contributed by atoms with Gasteiger partial charge in [0, 0.05) is 0 Å². The molecular weight excluding hydrogens is 274 g/mol. The van der Waals surface area contributed by atoms with Crippen LogP contribution in [0.25, 0.3) is 0 Å². The van der Waals surface area contributed by atoms with Gasteiger partial charge < -0.3 is 15.8 Å². The SMILES string of the molecule is CCOc1ccc(CC(=O)Nc2nc(C)c(N)s2)cc1. The average molecular weight is 291 g/mol. The Bertz CT molecular complexity index is 573. The number of carbonyl (C=O) groups is 1. The van der Waals surface area contributed by atoms with Crippen LogP contribution in [-0.4, -0.2) is 17.5 Å². The summed E-state index contributed by atoms with van der Waals surface area (Å²) in [6.45, 7) is 4.38. The Morgan fingerprint density at radius 3 is 2.65 bits per heavy atom. The van der Waals surface area contributed by atoms with Gasteiger partial charge in [-0.2, -0.15) is 0 Å². The number of aromatic nitrogens is 1. The predicted octanol–water partition coefficient (Wildman–Crippen LogP) is 2.61. The van der Waals surface area contributed by atoms with Crippen LogP contribution in [0.15, 0.2) is 24.3 Å². The summed E-state index contributed by atoms with van der Waals surface area (Å²) in [5.41, 5.74) is 7.37. The number of hydrogen-bond donors (Lipinski definition) is 2. The fraction of sp³-hybridized carbons (Fsp3) is 0.286. The lowest BCUT2D eigenvalue weighted by atomic mass is 10.1. The number of aryl methyl sites for hydroxylation is 1. The second kappa shape index (κ2) is 6.38. The van der Waals surface area contributed by atoms with Crippen molar-refractivity contribution in [3.8, 4) is 5.75 Å². The molecular formula is C14H17N3O2S. The van der Waals surface area contributed by atoms with Gasteiger partial charge in [0.1, 0.15) is 10.8 Å². The molecule has 1 amide bonds. The molecule has 1 aromatic heterocycles. The van der Waals surface area contributed by atoms with Gasteiger partial charge in [-0.15, -0.1) is 0 Å². The summed E-state index contributed by atoms with van der Waals surface area (Å²) in [5.74, 6) is 0.697. The molecule has 0 aliphatic carbocycles. The number of nitrogen functional groups attached to an aromatic ring is 1. The van der Waals surface area contributed by atoms with Gasteiger partial charge in [0.15, 0.2) is 5.13 Å². The number of ether oxygens (including phenoxy) is 1. The molecule has 5 nitrogen and oxygen atoms in total. The van der Waals surface area contributed by atoms with Crippen LogP contribution in [0.2, 0.25) is 0 Å². The third kappa shape index (κ3) is 3.71. The number of nitrogens with two attached hydrogens (primary N) is 1. The van der Waals surface area contributed by atoms with E-state index in [1.807, 2.05) is 38.1 Å². The molecule has 6 heteroatoms. The summed E-state index contributed by atoms with van der Waals surface area (Å²) in [6, 6.07) is 7.48. The molecule has 3 N–H and O–H groups in total. The molecule has 0 unspecified atom stereocenters. The largest absolute Gasteiger partial charge is 0.494 e. The highest BCUT2D eigenvalue weighted by atomic mass is 32.1. The van der Waals surface area contributed by atoms with E-state index in [9.17, 15) is 4.79 Å². The number of amides is 1. The molecule has 0 spiro atoms. The van der Waals surface area contributed by atoms with Crippen molar-refractivity contribution in [1.82, 2.24) is 4.98 Å². The number of nitrogens with one attached hydrogen (secondary N) is 1. The molecule has 1 heterocycles. The summed E-state index contributed by atoms with van der Waals surface area (Å²) in [6.07, 6.45) is 0.297. The van der Waals surface area contributed by atoms with Gasteiger partial charge in [-0.3, -0.25) is 4.79 Å². The lowest BCUT2D eigenvalue weighted by Gasteiger charge is -2.05. The highest BCUT2D eigenvalue weighted by Crippen LogP contribution is 2.24. The summed E-state index contributed by atoms with van der Waals surface area (Å²) >= 11 is 1.28. The van der Waals surface area contributed by atoms with Gasteiger partial charge in [-0.1, -0.05) is 23.5 Å². The molecule has 20 heavy (non-hydrogen) atoms. The molecule has 2 aromatic rings. The number of benzene rings is 1. The fourth-order valence-electron chi connectivity index (χ4n) is 1.68. The zero-order chi connectivity index (χ0) is 14.5. The van der Waals surface area contributed by atoms with Crippen LogP contribution in [-0.2, 0) is 11.2 Å². The van der Waals surface area contributed by atoms with E-state index in [-0.39, 0.29) is 5.91 Å². The molecule has 0 saturated carbocycles. The van der Waals surface area contributed by atoms with Crippen LogP contribution in [0.1, 0.15) is 18.2 Å². The Labute approximate surface area is 121 Å². The van der Waals surface area contributed by atoms with Crippen molar-refractivity contribution >= 4 is 27.4 Å². The van der Waals surface area contributed by atoms with E-state index in [1.165, 1.54) is 11.3 Å². The highest BCUT2D eigenvalue weighted by Gasteiger charge is 2.09. The highest BCUT2D eigenvalue weighted by molar-refractivity contribution is 7.19.